The van der Waals surface area contributed by atoms with Crippen molar-refractivity contribution in [3.63, 3.8) is 0 Å². The number of β-amino-alcohol motifs (C(OH)–C–C–N with tert-alkyl or cyclic N) is 1. The first-order chi connectivity index (χ1) is 14.5. The van der Waals surface area contributed by atoms with Crippen LogP contribution in [0.4, 0.5) is 5.69 Å². The molecule has 1 aromatic heterocycles. The van der Waals surface area contributed by atoms with Crippen LogP contribution in [0.25, 0.3) is 11.3 Å². The van der Waals surface area contributed by atoms with Crippen molar-refractivity contribution >= 4 is 5.69 Å². The van der Waals surface area contributed by atoms with Crippen molar-refractivity contribution in [2.75, 3.05) is 31.6 Å². The number of rotatable bonds is 10. The van der Waals surface area contributed by atoms with Crippen molar-refractivity contribution in [2.24, 2.45) is 0 Å². The van der Waals surface area contributed by atoms with Gasteiger partial charge in [0.2, 0.25) is 0 Å². The van der Waals surface area contributed by atoms with Gasteiger partial charge >= 0.3 is 0 Å². The lowest BCUT2D eigenvalue weighted by atomic mass is 9.94. The average Bonchev–Trinajstić information content (AvgIpc) is 3.27. The molecule has 166 valence electrons. The first-order valence-corrected chi connectivity index (χ1v) is 10.7. The van der Waals surface area contributed by atoms with Crippen LogP contribution in [0.1, 0.15) is 31.2 Å². The number of aromatic amines is 1. The van der Waals surface area contributed by atoms with Gasteiger partial charge in [0.15, 0.2) is 0 Å². The van der Waals surface area contributed by atoms with E-state index in [1.165, 1.54) is 5.56 Å². The van der Waals surface area contributed by atoms with E-state index >= 15 is 0 Å². The van der Waals surface area contributed by atoms with Gasteiger partial charge in [0.05, 0.1) is 37.0 Å². The number of benzene rings is 1. The minimum Gasteiger partial charge on any atom is -0.395 e. The van der Waals surface area contributed by atoms with Gasteiger partial charge in [0.25, 0.3) is 0 Å². The van der Waals surface area contributed by atoms with Gasteiger partial charge < -0.3 is 30.7 Å². The molecule has 30 heavy (non-hydrogen) atoms. The van der Waals surface area contributed by atoms with Gasteiger partial charge in [-0.2, -0.15) is 0 Å². The van der Waals surface area contributed by atoms with Gasteiger partial charge in [0, 0.05) is 18.8 Å². The number of H-pyrrole nitrogens is 1. The molecule has 0 amide bonds. The summed E-state index contributed by atoms with van der Waals surface area (Å²) in [7, 11) is 0. The summed E-state index contributed by atoms with van der Waals surface area (Å²) in [5.74, 6) is 0. The molecular weight excluding hydrogens is 384 g/mol. The van der Waals surface area contributed by atoms with Crippen molar-refractivity contribution in [1.29, 1.82) is 0 Å². The maximum atomic E-state index is 10.0. The summed E-state index contributed by atoms with van der Waals surface area (Å²) in [5, 5.41) is 42.6. The number of aryl methyl sites for hydroxylation is 1. The standard InChI is InChI=1S/C22H34N4O4/c1-15-10-16(18-11-23-14-25-18)6-7-17(15)24-8-4-2-3-5-9-26-12-20(28)22(30)21(29)19(26)13-27/h6-7,10-11,14,19-22,24,27-30H,2-5,8-9,12-13H2,1H3,(H,23,25)/t19-,20+,21-,22-/m1/s1. The summed E-state index contributed by atoms with van der Waals surface area (Å²) < 4.78 is 0. The number of aliphatic hydroxyl groups excluding tert-OH is 4. The third-order valence-electron chi connectivity index (χ3n) is 5.94. The van der Waals surface area contributed by atoms with Gasteiger partial charge in [-0.3, -0.25) is 4.90 Å². The van der Waals surface area contributed by atoms with E-state index in [1.54, 1.807) is 6.33 Å². The average molecular weight is 419 g/mol. The number of hydrogen-bond acceptors (Lipinski definition) is 7. The molecule has 0 bridgehead atoms. The topological polar surface area (TPSA) is 125 Å². The molecule has 2 heterocycles. The number of imidazole rings is 1. The predicted octanol–water partition coefficient (Wildman–Crippen LogP) is 1.12. The lowest BCUT2D eigenvalue weighted by molar-refractivity contribution is -0.145. The highest BCUT2D eigenvalue weighted by Gasteiger charge is 2.40. The van der Waals surface area contributed by atoms with Crippen LogP contribution in [0.3, 0.4) is 0 Å². The van der Waals surface area contributed by atoms with Crippen LogP contribution < -0.4 is 5.32 Å². The molecule has 3 rings (SSSR count). The monoisotopic (exact) mass is 418 g/mol. The Morgan fingerprint density at radius 3 is 2.63 bits per heavy atom. The molecular formula is C22H34N4O4. The molecule has 8 nitrogen and oxygen atoms in total. The number of nitrogens with zero attached hydrogens (tertiary/aromatic N) is 2. The third-order valence-corrected chi connectivity index (χ3v) is 5.94. The Kier molecular flexibility index (Phi) is 8.24. The van der Waals surface area contributed by atoms with E-state index < -0.39 is 24.4 Å². The maximum Gasteiger partial charge on any atom is 0.109 e. The highest BCUT2D eigenvalue weighted by Crippen LogP contribution is 2.23. The smallest absolute Gasteiger partial charge is 0.109 e. The van der Waals surface area contributed by atoms with Crippen molar-refractivity contribution in [3.8, 4) is 11.3 Å². The van der Waals surface area contributed by atoms with Crippen LogP contribution in [0.5, 0.6) is 0 Å². The van der Waals surface area contributed by atoms with E-state index in [-0.39, 0.29) is 13.2 Å². The second kappa shape index (κ2) is 10.9. The Morgan fingerprint density at radius 2 is 1.93 bits per heavy atom. The number of unbranched alkanes of at least 4 members (excludes halogenated alkanes) is 3. The lowest BCUT2D eigenvalue weighted by Gasteiger charge is -2.43. The van der Waals surface area contributed by atoms with E-state index in [2.05, 4.69) is 40.4 Å². The number of aromatic nitrogens is 2. The molecule has 6 N–H and O–H groups in total. The summed E-state index contributed by atoms with van der Waals surface area (Å²) in [6.45, 7) is 3.73. The Morgan fingerprint density at radius 1 is 1.13 bits per heavy atom. The molecule has 2 aromatic rings. The second-order valence-corrected chi connectivity index (χ2v) is 8.13. The van der Waals surface area contributed by atoms with Gasteiger partial charge in [0.1, 0.15) is 12.2 Å². The van der Waals surface area contributed by atoms with Gasteiger partial charge in [-0.15, -0.1) is 0 Å². The van der Waals surface area contributed by atoms with Crippen LogP contribution in [0.2, 0.25) is 0 Å². The Balaban J connectivity index is 1.34. The summed E-state index contributed by atoms with van der Waals surface area (Å²) in [5.41, 5.74) is 4.47. The van der Waals surface area contributed by atoms with Gasteiger partial charge in [-0.25, -0.2) is 4.98 Å². The minimum absolute atomic E-state index is 0.229. The van der Waals surface area contributed by atoms with Crippen LogP contribution in [0, 0.1) is 6.92 Å². The molecule has 1 aromatic carbocycles. The number of hydrogen-bond donors (Lipinski definition) is 6. The van der Waals surface area contributed by atoms with Crippen LogP contribution in [0.15, 0.2) is 30.7 Å². The van der Waals surface area contributed by atoms with E-state index in [4.69, 9.17) is 0 Å². The molecule has 0 saturated carbocycles. The van der Waals surface area contributed by atoms with E-state index in [0.717, 1.165) is 49.2 Å². The largest absolute Gasteiger partial charge is 0.395 e. The van der Waals surface area contributed by atoms with Crippen LogP contribution >= 0.6 is 0 Å². The fraction of sp³-hybridized carbons (Fsp3) is 0.591. The zero-order valence-corrected chi connectivity index (χ0v) is 17.5. The SMILES string of the molecule is Cc1cc(-c2cnc[nH]2)ccc1NCCCCCCN1C[C@H](O)[C@@H](O)[C@H](O)[C@H]1CO. The molecule has 0 radical (unpaired) electrons. The molecule has 0 unspecified atom stereocenters. The molecule has 1 aliphatic heterocycles. The van der Waals surface area contributed by atoms with Gasteiger partial charge in [-0.05, 0) is 49.6 Å². The summed E-state index contributed by atoms with van der Waals surface area (Å²) in [4.78, 5) is 9.06. The number of likely N-dealkylation sites (tertiary alicyclic amines) is 1. The van der Waals surface area contributed by atoms with Crippen LogP contribution in [-0.2, 0) is 0 Å². The second-order valence-electron chi connectivity index (χ2n) is 8.13. The molecule has 1 aliphatic rings. The number of nitrogens with one attached hydrogen (secondary N) is 2. The zero-order chi connectivity index (χ0) is 21.5. The van der Waals surface area contributed by atoms with Crippen molar-refractivity contribution < 1.29 is 20.4 Å². The normalized spacial score (nSPS) is 24.8. The Labute approximate surface area is 177 Å². The highest BCUT2D eigenvalue weighted by molar-refractivity contribution is 5.65. The highest BCUT2D eigenvalue weighted by atomic mass is 16.4. The summed E-state index contributed by atoms with van der Waals surface area (Å²) in [6, 6.07) is 5.81. The third kappa shape index (κ3) is 5.59. The molecule has 0 aliphatic carbocycles. The van der Waals surface area contributed by atoms with Crippen molar-refractivity contribution in [2.45, 2.75) is 57.0 Å². The van der Waals surface area contributed by atoms with E-state index in [9.17, 15) is 20.4 Å². The Hall–Kier alpha value is -1.97. The number of aliphatic hydroxyl groups is 4. The minimum atomic E-state index is -1.19. The number of piperidine rings is 1. The van der Waals surface area contributed by atoms with Crippen molar-refractivity contribution in [1.82, 2.24) is 14.9 Å². The van der Waals surface area contributed by atoms with E-state index in [1.807, 2.05) is 11.1 Å². The number of anilines is 1. The first-order valence-electron chi connectivity index (χ1n) is 10.7. The molecule has 0 spiro atoms. The molecule has 8 heteroatoms. The fourth-order valence-corrected chi connectivity index (χ4v) is 4.10. The Bertz CT molecular complexity index is 771. The maximum absolute atomic E-state index is 10.0. The van der Waals surface area contributed by atoms with Crippen LogP contribution in [-0.4, -0.2) is 85.9 Å². The van der Waals surface area contributed by atoms with Crippen molar-refractivity contribution in [3.05, 3.63) is 36.3 Å². The molecule has 1 fully saturated rings. The molecule has 1 saturated heterocycles. The fourth-order valence-electron chi connectivity index (χ4n) is 4.10. The summed E-state index contributed by atoms with van der Waals surface area (Å²) in [6.07, 6.45) is 4.28. The zero-order valence-electron chi connectivity index (χ0n) is 17.5. The summed E-state index contributed by atoms with van der Waals surface area (Å²) >= 11 is 0. The van der Waals surface area contributed by atoms with E-state index in [0.29, 0.717) is 6.54 Å². The first kappa shape index (κ1) is 22.7. The van der Waals surface area contributed by atoms with Gasteiger partial charge in [-0.1, -0.05) is 18.9 Å². The molecule has 4 atom stereocenters. The quantitative estimate of drug-likeness (QED) is 0.319. The predicted molar refractivity (Wildman–Crippen MR) is 116 cm³/mol. The lowest BCUT2D eigenvalue weighted by Crippen LogP contribution is -2.62.